The highest BCUT2D eigenvalue weighted by Crippen LogP contribution is 2.32. The zero-order chi connectivity index (χ0) is 21.3. The Morgan fingerprint density at radius 3 is 2.50 bits per heavy atom. The third-order valence-corrected chi connectivity index (χ3v) is 6.12. The molecule has 0 radical (unpaired) electrons. The summed E-state index contributed by atoms with van der Waals surface area (Å²) in [6.07, 6.45) is 0.204. The number of carbonyl (C=O) groups excluding carboxylic acids is 2. The van der Waals surface area contributed by atoms with Gasteiger partial charge in [-0.3, -0.25) is 9.59 Å². The molecule has 30 heavy (non-hydrogen) atoms. The van der Waals surface area contributed by atoms with E-state index < -0.39 is 5.92 Å². The summed E-state index contributed by atoms with van der Waals surface area (Å²) < 4.78 is 5.20. The molecule has 0 saturated carbocycles. The van der Waals surface area contributed by atoms with Crippen LogP contribution in [0.5, 0.6) is 5.75 Å². The van der Waals surface area contributed by atoms with Crippen molar-refractivity contribution in [3.05, 3.63) is 59.0 Å². The zero-order valence-electron chi connectivity index (χ0n) is 17.1. The molecular formula is C23H23N3O3S. The van der Waals surface area contributed by atoms with Crippen LogP contribution in [0.25, 0.3) is 11.3 Å². The van der Waals surface area contributed by atoms with Crippen molar-refractivity contribution in [2.24, 2.45) is 5.92 Å². The van der Waals surface area contributed by atoms with Crippen molar-refractivity contribution in [1.82, 2.24) is 4.98 Å². The molecule has 0 unspecified atom stereocenters. The molecule has 7 heteroatoms. The molecule has 1 saturated heterocycles. The van der Waals surface area contributed by atoms with Gasteiger partial charge in [-0.15, -0.1) is 11.3 Å². The van der Waals surface area contributed by atoms with Gasteiger partial charge in [-0.05, 0) is 50.2 Å². The maximum Gasteiger partial charge on any atom is 0.231 e. The Balaban J connectivity index is 1.45. The van der Waals surface area contributed by atoms with Gasteiger partial charge in [0.25, 0.3) is 0 Å². The Morgan fingerprint density at radius 2 is 1.83 bits per heavy atom. The lowest BCUT2D eigenvalue weighted by Gasteiger charge is -2.16. The van der Waals surface area contributed by atoms with Crippen molar-refractivity contribution in [3.8, 4) is 17.0 Å². The molecule has 3 aromatic rings. The van der Waals surface area contributed by atoms with Crippen molar-refractivity contribution in [2.45, 2.75) is 20.3 Å². The second kappa shape index (κ2) is 8.28. The van der Waals surface area contributed by atoms with Gasteiger partial charge in [-0.25, -0.2) is 4.98 Å². The Hall–Kier alpha value is -3.19. The Labute approximate surface area is 179 Å². The van der Waals surface area contributed by atoms with Gasteiger partial charge >= 0.3 is 0 Å². The minimum absolute atomic E-state index is 0.0340. The SMILES string of the molecule is COc1ccc(-c2nc(NC(=O)[C@@H]3CC(=O)N(c4ccc(C)cc4)C3)sc2C)cc1. The number of ether oxygens (including phenoxy) is 1. The Morgan fingerprint density at radius 1 is 1.13 bits per heavy atom. The number of aromatic nitrogens is 1. The molecule has 6 nitrogen and oxygen atoms in total. The van der Waals surface area contributed by atoms with Crippen LogP contribution in [-0.2, 0) is 9.59 Å². The maximum absolute atomic E-state index is 12.8. The van der Waals surface area contributed by atoms with Crippen LogP contribution < -0.4 is 15.0 Å². The van der Waals surface area contributed by atoms with Crippen LogP contribution in [0, 0.1) is 19.8 Å². The molecule has 2 aromatic carbocycles. The molecule has 2 heterocycles. The molecule has 2 amide bonds. The van der Waals surface area contributed by atoms with E-state index in [1.807, 2.05) is 62.4 Å². The van der Waals surface area contributed by atoms with Gasteiger partial charge in [0, 0.05) is 29.1 Å². The summed E-state index contributed by atoms with van der Waals surface area (Å²) in [6, 6.07) is 15.4. The highest BCUT2D eigenvalue weighted by atomic mass is 32.1. The van der Waals surface area contributed by atoms with Gasteiger partial charge in [-0.2, -0.15) is 0 Å². The summed E-state index contributed by atoms with van der Waals surface area (Å²) in [5.74, 6) is 0.179. The number of carbonyl (C=O) groups is 2. The predicted octanol–water partition coefficient (Wildman–Crippen LogP) is 4.43. The van der Waals surface area contributed by atoms with Crippen LogP contribution in [0.1, 0.15) is 16.9 Å². The molecule has 1 atom stereocenters. The maximum atomic E-state index is 12.8. The molecule has 0 spiro atoms. The molecule has 0 aliphatic carbocycles. The highest BCUT2D eigenvalue weighted by molar-refractivity contribution is 7.16. The quantitative estimate of drug-likeness (QED) is 0.662. The number of nitrogens with one attached hydrogen (secondary N) is 1. The van der Waals surface area contributed by atoms with Crippen LogP contribution in [0.2, 0.25) is 0 Å². The van der Waals surface area contributed by atoms with E-state index >= 15 is 0 Å². The molecule has 154 valence electrons. The molecule has 1 aliphatic heterocycles. The van der Waals surface area contributed by atoms with Gasteiger partial charge in [0.15, 0.2) is 5.13 Å². The predicted molar refractivity (Wildman–Crippen MR) is 119 cm³/mol. The fourth-order valence-corrected chi connectivity index (χ4v) is 4.37. The zero-order valence-corrected chi connectivity index (χ0v) is 18.0. The number of hydrogen-bond donors (Lipinski definition) is 1. The molecule has 1 aliphatic rings. The van der Waals surface area contributed by atoms with Crippen molar-refractivity contribution in [1.29, 1.82) is 0 Å². The Kier molecular flexibility index (Phi) is 5.55. The monoisotopic (exact) mass is 421 g/mol. The molecule has 1 fully saturated rings. The van der Waals surface area contributed by atoms with E-state index in [1.165, 1.54) is 11.3 Å². The van der Waals surface area contributed by atoms with Crippen LogP contribution in [0.15, 0.2) is 48.5 Å². The minimum Gasteiger partial charge on any atom is -0.497 e. The lowest BCUT2D eigenvalue weighted by Crippen LogP contribution is -2.28. The van der Waals surface area contributed by atoms with Gasteiger partial charge < -0.3 is 15.0 Å². The number of nitrogens with zero attached hydrogens (tertiary/aromatic N) is 2. The van der Waals surface area contributed by atoms with E-state index in [9.17, 15) is 9.59 Å². The van der Waals surface area contributed by atoms with Crippen LogP contribution in [-0.4, -0.2) is 30.5 Å². The van der Waals surface area contributed by atoms with Crippen LogP contribution in [0.3, 0.4) is 0 Å². The van der Waals surface area contributed by atoms with E-state index in [1.54, 1.807) is 12.0 Å². The van der Waals surface area contributed by atoms with Gasteiger partial charge in [0.05, 0.1) is 18.7 Å². The summed E-state index contributed by atoms with van der Waals surface area (Å²) >= 11 is 1.43. The average molecular weight is 422 g/mol. The standard InChI is InChI=1S/C23H23N3O3S/c1-14-4-8-18(9-5-14)26-13-17(12-20(26)27)22(28)25-23-24-21(15(2)30-23)16-6-10-19(29-3)11-7-16/h4-11,17H,12-13H2,1-3H3,(H,24,25,28)/t17-/m1/s1. The first-order valence-corrected chi connectivity index (χ1v) is 10.6. The number of amides is 2. The number of anilines is 2. The minimum atomic E-state index is -0.396. The van der Waals surface area contributed by atoms with E-state index in [4.69, 9.17) is 4.74 Å². The molecular weight excluding hydrogens is 398 g/mol. The van der Waals surface area contributed by atoms with Crippen molar-refractivity contribution in [2.75, 3.05) is 23.9 Å². The lowest BCUT2D eigenvalue weighted by molar-refractivity contribution is -0.122. The number of methoxy groups -OCH3 is 1. The molecule has 4 rings (SSSR count). The van der Waals surface area contributed by atoms with Gasteiger partial charge in [0.2, 0.25) is 11.8 Å². The van der Waals surface area contributed by atoms with Crippen molar-refractivity contribution < 1.29 is 14.3 Å². The van der Waals surface area contributed by atoms with Crippen molar-refractivity contribution >= 4 is 34.0 Å². The topological polar surface area (TPSA) is 71.5 Å². The normalized spacial score (nSPS) is 16.0. The number of rotatable bonds is 5. The number of benzene rings is 2. The number of aryl methyl sites for hydroxylation is 2. The van der Waals surface area contributed by atoms with E-state index in [2.05, 4.69) is 10.3 Å². The molecule has 1 aromatic heterocycles. The van der Waals surface area contributed by atoms with Gasteiger partial charge in [0.1, 0.15) is 5.75 Å². The fourth-order valence-electron chi connectivity index (χ4n) is 3.53. The van der Waals surface area contributed by atoms with Gasteiger partial charge in [-0.1, -0.05) is 17.7 Å². The smallest absolute Gasteiger partial charge is 0.231 e. The summed E-state index contributed by atoms with van der Waals surface area (Å²) in [6.45, 7) is 4.36. The summed E-state index contributed by atoms with van der Waals surface area (Å²) in [7, 11) is 1.63. The van der Waals surface area contributed by atoms with E-state index in [-0.39, 0.29) is 18.2 Å². The number of hydrogen-bond acceptors (Lipinski definition) is 5. The number of thiazole rings is 1. The first-order chi connectivity index (χ1) is 14.4. The summed E-state index contributed by atoms with van der Waals surface area (Å²) in [5.41, 5.74) is 3.76. The third-order valence-electron chi connectivity index (χ3n) is 5.23. The lowest BCUT2D eigenvalue weighted by atomic mass is 10.1. The average Bonchev–Trinajstić information content (AvgIpc) is 3.31. The molecule has 0 bridgehead atoms. The fraction of sp³-hybridized carbons (Fsp3) is 0.261. The van der Waals surface area contributed by atoms with Crippen molar-refractivity contribution in [3.63, 3.8) is 0 Å². The third kappa shape index (κ3) is 4.07. The summed E-state index contributed by atoms with van der Waals surface area (Å²) in [5, 5.41) is 3.45. The van der Waals surface area contributed by atoms with E-state index in [0.29, 0.717) is 11.7 Å². The second-order valence-corrected chi connectivity index (χ2v) is 8.59. The molecule has 1 N–H and O–H groups in total. The van der Waals surface area contributed by atoms with E-state index in [0.717, 1.165) is 33.1 Å². The first-order valence-electron chi connectivity index (χ1n) is 9.74. The first kappa shape index (κ1) is 20.1. The second-order valence-electron chi connectivity index (χ2n) is 7.38. The Bertz CT molecular complexity index is 1070. The highest BCUT2D eigenvalue weighted by Gasteiger charge is 2.35. The van der Waals surface area contributed by atoms with Crippen LogP contribution in [0.4, 0.5) is 10.8 Å². The van der Waals surface area contributed by atoms with Crippen LogP contribution >= 0.6 is 11.3 Å². The largest absolute Gasteiger partial charge is 0.497 e. The summed E-state index contributed by atoms with van der Waals surface area (Å²) in [4.78, 5) is 32.5.